The van der Waals surface area contributed by atoms with Gasteiger partial charge in [-0.2, -0.15) is 5.01 Å². The van der Waals surface area contributed by atoms with Crippen LogP contribution >= 0.6 is 104 Å². The van der Waals surface area contributed by atoms with Crippen LogP contribution in [-0.4, -0.2) is 41.8 Å². The SMILES string of the molecule is O=C(c1ccc(Cl)cc1)N(Cc1ccc(Cl)c(Cl)c1)N1C(=O)[C@@H]2[C@H](C1=O)[C@@]1(Cl)C(Cl)=C(Cl)[C@@]2(Cl)C1(Cl)Cl. The fourth-order valence-electron chi connectivity index (χ4n) is 5.00. The van der Waals surface area contributed by atoms with Crippen molar-refractivity contribution < 1.29 is 14.4 Å². The van der Waals surface area contributed by atoms with E-state index in [2.05, 4.69) is 0 Å². The molecule has 2 bridgehead atoms. The third kappa shape index (κ3) is 3.62. The van der Waals surface area contributed by atoms with E-state index in [0.717, 1.165) is 5.01 Å². The van der Waals surface area contributed by atoms with Gasteiger partial charge in [0.2, 0.25) is 0 Å². The minimum absolute atomic E-state index is 0.143. The molecule has 2 aromatic rings. The quantitative estimate of drug-likeness (QED) is 0.246. The zero-order valence-electron chi connectivity index (χ0n) is 17.9. The van der Waals surface area contributed by atoms with Gasteiger partial charge in [0.25, 0.3) is 17.7 Å². The molecule has 4 atom stereocenters. The summed E-state index contributed by atoms with van der Waals surface area (Å²) in [6.07, 6.45) is 0. The number of hydrogen-bond donors (Lipinski definition) is 0. The molecule has 3 amide bonds. The van der Waals surface area contributed by atoms with Gasteiger partial charge in [-0.1, -0.05) is 87.3 Å². The first-order valence-electron chi connectivity index (χ1n) is 10.4. The number of nitrogens with zero attached hydrogens (tertiary/aromatic N) is 2. The van der Waals surface area contributed by atoms with E-state index in [1.165, 1.54) is 36.4 Å². The maximum atomic E-state index is 13.9. The van der Waals surface area contributed by atoms with Crippen LogP contribution in [0.1, 0.15) is 15.9 Å². The topological polar surface area (TPSA) is 57.7 Å². The van der Waals surface area contributed by atoms with Gasteiger partial charge in [0.1, 0.15) is 9.75 Å². The maximum Gasteiger partial charge on any atom is 0.273 e. The Kier molecular flexibility index (Phi) is 6.97. The van der Waals surface area contributed by atoms with Crippen LogP contribution in [0.2, 0.25) is 15.1 Å². The minimum atomic E-state index is -2.10. The lowest BCUT2D eigenvalue weighted by atomic mass is 9.84. The molecule has 0 spiro atoms. The Labute approximate surface area is 255 Å². The monoisotopic (exact) mass is 678 g/mol. The summed E-state index contributed by atoms with van der Waals surface area (Å²) in [5, 5.41) is 2.05. The molecule has 14 heteroatoms. The third-order valence-electron chi connectivity index (χ3n) is 6.77. The van der Waals surface area contributed by atoms with E-state index in [9.17, 15) is 14.4 Å². The van der Waals surface area contributed by atoms with E-state index in [-0.39, 0.29) is 32.2 Å². The van der Waals surface area contributed by atoms with Gasteiger partial charge in [-0.25, -0.2) is 5.01 Å². The molecule has 2 aliphatic carbocycles. The van der Waals surface area contributed by atoms with Crippen LogP contribution in [0.15, 0.2) is 52.5 Å². The van der Waals surface area contributed by atoms with Crippen molar-refractivity contribution in [2.45, 2.75) is 20.6 Å². The van der Waals surface area contributed by atoms with Crippen LogP contribution in [0.3, 0.4) is 0 Å². The molecule has 5 nitrogen and oxygen atoms in total. The highest BCUT2D eigenvalue weighted by atomic mass is 35.5. The summed E-state index contributed by atoms with van der Waals surface area (Å²) >= 11 is 57.6. The molecule has 5 rings (SSSR count). The zero-order valence-corrected chi connectivity index (χ0v) is 24.7. The number of alkyl halides is 4. The molecule has 2 fully saturated rings. The molecule has 194 valence electrons. The molecule has 3 aliphatic rings. The first-order valence-corrected chi connectivity index (χ1v) is 13.8. The number of carbonyl (C=O) groups is 3. The Morgan fingerprint density at radius 1 is 0.784 bits per heavy atom. The van der Waals surface area contributed by atoms with Crippen LogP contribution in [0.5, 0.6) is 0 Å². The molecular formula is C23H11Cl9N2O3. The first kappa shape index (κ1) is 27.9. The summed E-state index contributed by atoms with van der Waals surface area (Å²) < 4.78 is -2.10. The second-order valence-electron chi connectivity index (χ2n) is 8.69. The second kappa shape index (κ2) is 9.22. The average Bonchev–Trinajstić information content (AvgIpc) is 3.23. The van der Waals surface area contributed by atoms with Gasteiger partial charge in [-0.15, -0.1) is 23.2 Å². The molecular weight excluding hydrogens is 671 g/mol. The zero-order chi connectivity index (χ0) is 27.2. The standard InChI is InChI=1S/C23H11Cl9N2O3/c24-11-4-2-10(3-5-11)18(35)33(8-9-1-6-12(25)13(26)7-9)34-19(36)14-15(20(34)37)22(30)17(28)16(27)21(14,29)23(22,31)32/h1-7,14-15H,8H2/t14-,15+,21-,22-/m1/s1. The van der Waals surface area contributed by atoms with E-state index >= 15 is 0 Å². The van der Waals surface area contributed by atoms with Gasteiger partial charge >= 0.3 is 0 Å². The van der Waals surface area contributed by atoms with Gasteiger partial charge in [-0.05, 0) is 42.0 Å². The largest absolute Gasteiger partial charge is 0.273 e. The van der Waals surface area contributed by atoms with Crippen LogP contribution in [0, 0.1) is 11.8 Å². The highest BCUT2D eigenvalue weighted by Gasteiger charge is 2.88. The Bertz CT molecular complexity index is 1370. The molecule has 37 heavy (non-hydrogen) atoms. The lowest BCUT2D eigenvalue weighted by Crippen LogP contribution is -2.55. The van der Waals surface area contributed by atoms with Crippen LogP contribution in [-0.2, 0) is 16.1 Å². The fourth-order valence-corrected chi connectivity index (χ4v) is 8.38. The molecule has 0 aromatic heterocycles. The van der Waals surface area contributed by atoms with E-state index in [0.29, 0.717) is 15.6 Å². The number of carbonyl (C=O) groups excluding carboxylic acids is 3. The number of allylic oxidation sites excluding steroid dienone is 2. The van der Waals surface area contributed by atoms with E-state index in [1.54, 1.807) is 6.07 Å². The second-order valence-corrected chi connectivity index (χ2v) is 13.2. The smallest absolute Gasteiger partial charge is 0.272 e. The Hall–Kier alpha value is -0.600. The maximum absolute atomic E-state index is 13.9. The lowest BCUT2D eigenvalue weighted by molar-refractivity contribution is -0.156. The van der Waals surface area contributed by atoms with Gasteiger partial charge in [-0.3, -0.25) is 14.4 Å². The number of benzene rings is 2. The van der Waals surface area contributed by atoms with Crippen LogP contribution in [0.4, 0.5) is 0 Å². The molecule has 0 unspecified atom stereocenters. The summed E-state index contributed by atoms with van der Waals surface area (Å²) in [5.74, 6) is -5.25. The van der Waals surface area contributed by atoms with Crippen molar-refractivity contribution in [2.75, 3.05) is 0 Å². The number of imide groups is 1. The normalized spacial score (nSPS) is 29.8. The van der Waals surface area contributed by atoms with Crippen molar-refractivity contribution in [1.82, 2.24) is 10.0 Å². The summed E-state index contributed by atoms with van der Waals surface area (Å²) in [5.41, 5.74) is 0.612. The number of fused-ring (bicyclic) bond motifs is 5. The Morgan fingerprint density at radius 2 is 1.30 bits per heavy atom. The van der Waals surface area contributed by atoms with E-state index < -0.39 is 43.6 Å². The predicted molar refractivity (Wildman–Crippen MR) is 147 cm³/mol. The van der Waals surface area contributed by atoms with Gasteiger partial charge in [0.05, 0.1) is 38.5 Å². The number of rotatable bonds is 4. The lowest BCUT2D eigenvalue weighted by Gasteiger charge is -2.37. The highest BCUT2D eigenvalue weighted by molar-refractivity contribution is 6.66. The molecule has 0 radical (unpaired) electrons. The molecule has 1 saturated heterocycles. The van der Waals surface area contributed by atoms with Crippen molar-refractivity contribution in [1.29, 1.82) is 0 Å². The van der Waals surface area contributed by atoms with E-state index in [1.807, 2.05) is 0 Å². The Balaban J connectivity index is 1.62. The summed E-state index contributed by atoms with van der Waals surface area (Å²) in [6.45, 7) is -0.248. The van der Waals surface area contributed by atoms with Gasteiger partial charge < -0.3 is 0 Å². The summed E-state index contributed by atoms with van der Waals surface area (Å²) in [7, 11) is 0. The number of hydrazine groups is 1. The van der Waals surface area contributed by atoms with Gasteiger partial charge in [0, 0.05) is 10.6 Å². The Morgan fingerprint density at radius 3 is 1.78 bits per heavy atom. The molecule has 1 aliphatic heterocycles. The highest BCUT2D eigenvalue weighted by Crippen LogP contribution is 2.77. The van der Waals surface area contributed by atoms with Crippen LogP contribution in [0.25, 0.3) is 0 Å². The minimum Gasteiger partial charge on any atom is -0.272 e. The molecule has 1 heterocycles. The van der Waals surface area contributed by atoms with Crippen molar-refractivity contribution in [3.05, 3.63) is 78.7 Å². The van der Waals surface area contributed by atoms with Crippen molar-refractivity contribution in [2.24, 2.45) is 11.8 Å². The molecule has 0 N–H and O–H groups in total. The number of amides is 3. The summed E-state index contributed by atoms with van der Waals surface area (Å²) in [4.78, 5) is 37.4. The molecule has 2 aromatic carbocycles. The predicted octanol–water partition coefficient (Wildman–Crippen LogP) is 7.65. The van der Waals surface area contributed by atoms with Gasteiger partial charge in [0.15, 0.2) is 4.33 Å². The molecule has 1 saturated carbocycles. The van der Waals surface area contributed by atoms with Crippen molar-refractivity contribution in [3.63, 3.8) is 0 Å². The fraction of sp³-hybridized carbons (Fsp3) is 0.261. The van der Waals surface area contributed by atoms with Crippen molar-refractivity contribution >= 4 is 122 Å². The third-order valence-corrected chi connectivity index (χ3v) is 12.0. The van der Waals surface area contributed by atoms with Crippen molar-refractivity contribution in [3.8, 4) is 0 Å². The van der Waals surface area contributed by atoms with Crippen LogP contribution < -0.4 is 0 Å². The summed E-state index contributed by atoms with van der Waals surface area (Å²) in [6, 6.07) is 10.5. The number of hydrogen-bond acceptors (Lipinski definition) is 3. The van der Waals surface area contributed by atoms with E-state index in [4.69, 9.17) is 104 Å². The average molecular weight is 682 g/mol. The number of halogens is 9. The first-order chi connectivity index (χ1) is 17.2.